The monoisotopic (exact) mass is 313 g/mol. The second-order valence-electron chi connectivity index (χ2n) is 4.57. The van der Waals surface area contributed by atoms with Gasteiger partial charge in [-0.1, -0.05) is 0 Å². The molecule has 21 heavy (non-hydrogen) atoms. The van der Waals surface area contributed by atoms with Gasteiger partial charge in [0.25, 0.3) is 0 Å². The highest BCUT2D eigenvalue weighted by molar-refractivity contribution is 7.10. The topological polar surface area (TPSA) is 71.5 Å². The first-order valence-electron chi connectivity index (χ1n) is 7.14. The highest BCUT2D eigenvalue weighted by atomic mass is 32.1. The fourth-order valence-corrected chi connectivity index (χ4v) is 2.85. The van der Waals surface area contributed by atoms with Crippen molar-refractivity contribution in [2.45, 2.75) is 40.7 Å². The Morgan fingerprint density at radius 2 is 1.95 bits per heavy atom. The van der Waals surface area contributed by atoms with Crippen LogP contribution < -0.4 is 5.32 Å². The Labute approximate surface area is 129 Å². The number of esters is 1. The van der Waals surface area contributed by atoms with Crippen LogP contribution in [0.5, 0.6) is 0 Å². The maximum atomic E-state index is 12.3. The van der Waals surface area contributed by atoms with Crippen LogP contribution in [0.2, 0.25) is 0 Å². The van der Waals surface area contributed by atoms with E-state index in [2.05, 4.69) is 9.69 Å². The van der Waals surface area contributed by atoms with Gasteiger partial charge in [0.1, 0.15) is 16.6 Å². The van der Waals surface area contributed by atoms with Crippen molar-refractivity contribution in [1.29, 1.82) is 0 Å². The van der Waals surface area contributed by atoms with Gasteiger partial charge in [-0.2, -0.15) is 4.37 Å². The fraction of sp³-hybridized carbons (Fsp3) is 0.643. The van der Waals surface area contributed by atoms with E-state index in [1.165, 1.54) is 11.5 Å². The third kappa shape index (κ3) is 4.17. The van der Waals surface area contributed by atoms with Crippen molar-refractivity contribution >= 4 is 28.4 Å². The molecule has 1 atom stereocenters. The minimum Gasteiger partial charge on any atom is -0.462 e. The van der Waals surface area contributed by atoms with Crippen molar-refractivity contribution in [1.82, 2.24) is 9.27 Å². The van der Waals surface area contributed by atoms with Crippen LogP contribution in [0.3, 0.4) is 0 Å². The lowest BCUT2D eigenvalue weighted by Gasteiger charge is -2.23. The summed E-state index contributed by atoms with van der Waals surface area (Å²) in [5, 5.41) is 3.67. The first-order chi connectivity index (χ1) is 9.96. The van der Waals surface area contributed by atoms with E-state index in [0.717, 1.165) is 0 Å². The van der Waals surface area contributed by atoms with Crippen molar-refractivity contribution in [3.63, 3.8) is 0 Å². The van der Waals surface area contributed by atoms with Crippen LogP contribution in [0, 0.1) is 6.92 Å². The molecule has 0 aliphatic rings. The lowest BCUT2D eigenvalue weighted by Crippen LogP contribution is -2.41. The number of ether oxygens (including phenoxy) is 1. The molecule has 0 aliphatic carbocycles. The summed E-state index contributed by atoms with van der Waals surface area (Å²) in [6.07, 6.45) is 0. The lowest BCUT2D eigenvalue weighted by molar-refractivity contribution is -0.131. The van der Waals surface area contributed by atoms with E-state index < -0.39 is 12.0 Å². The molecular weight excluding hydrogens is 290 g/mol. The second kappa shape index (κ2) is 7.97. The van der Waals surface area contributed by atoms with Crippen LogP contribution in [-0.4, -0.2) is 46.9 Å². The molecule has 0 aromatic carbocycles. The van der Waals surface area contributed by atoms with Crippen molar-refractivity contribution in [3.8, 4) is 0 Å². The molecule has 0 saturated heterocycles. The molecule has 0 radical (unpaired) electrons. The summed E-state index contributed by atoms with van der Waals surface area (Å²) in [5.41, 5.74) is 1.03. The highest BCUT2D eigenvalue weighted by Crippen LogP contribution is 2.26. The Morgan fingerprint density at radius 1 is 1.33 bits per heavy atom. The number of carbonyl (C=O) groups excluding carboxylic acids is 2. The molecule has 0 bridgehead atoms. The predicted molar refractivity (Wildman–Crippen MR) is 83.8 cm³/mol. The first kappa shape index (κ1) is 17.4. The molecule has 1 N–H and O–H groups in total. The molecule has 118 valence electrons. The molecule has 0 saturated carbocycles. The maximum absolute atomic E-state index is 12.3. The van der Waals surface area contributed by atoms with Gasteiger partial charge in [0.05, 0.1) is 12.3 Å². The van der Waals surface area contributed by atoms with Crippen LogP contribution in [0.15, 0.2) is 0 Å². The van der Waals surface area contributed by atoms with Gasteiger partial charge in [-0.25, -0.2) is 4.79 Å². The van der Waals surface area contributed by atoms with Gasteiger partial charge in [0.15, 0.2) is 0 Å². The Kier molecular flexibility index (Phi) is 6.61. The first-order valence-corrected chi connectivity index (χ1v) is 7.92. The molecule has 0 fully saturated rings. The molecule has 1 aromatic heterocycles. The summed E-state index contributed by atoms with van der Waals surface area (Å²) in [7, 11) is 0. The molecule has 1 rings (SSSR count). The third-order valence-electron chi connectivity index (χ3n) is 3.14. The average molecular weight is 313 g/mol. The minimum atomic E-state index is -0.419. The average Bonchev–Trinajstić information content (AvgIpc) is 2.81. The molecule has 1 unspecified atom stereocenters. The van der Waals surface area contributed by atoms with E-state index in [1.807, 2.05) is 13.8 Å². The van der Waals surface area contributed by atoms with E-state index in [1.54, 1.807) is 25.7 Å². The molecule has 0 aliphatic heterocycles. The van der Waals surface area contributed by atoms with E-state index in [4.69, 9.17) is 4.74 Å². The summed E-state index contributed by atoms with van der Waals surface area (Å²) in [5.74, 6) is -0.408. The van der Waals surface area contributed by atoms with Gasteiger partial charge in [0, 0.05) is 13.1 Å². The van der Waals surface area contributed by atoms with Crippen LogP contribution in [0.1, 0.15) is 43.7 Å². The number of nitrogens with zero attached hydrogens (tertiary/aromatic N) is 2. The number of aromatic nitrogens is 1. The Balaban J connectivity index is 2.88. The molecule has 1 amide bonds. The zero-order valence-corrected chi connectivity index (χ0v) is 14.0. The van der Waals surface area contributed by atoms with Crippen LogP contribution >= 0.6 is 11.5 Å². The van der Waals surface area contributed by atoms with E-state index >= 15 is 0 Å². The molecular formula is C14H23N3O3S. The zero-order chi connectivity index (χ0) is 16.0. The van der Waals surface area contributed by atoms with Gasteiger partial charge in [0.2, 0.25) is 5.91 Å². The Bertz CT molecular complexity index is 498. The van der Waals surface area contributed by atoms with E-state index in [9.17, 15) is 9.59 Å². The van der Waals surface area contributed by atoms with Crippen molar-refractivity contribution in [3.05, 3.63) is 11.3 Å². The van der Waals surface area contributed by atoms with Gasteiger partial charge in [-0.15, -0.1) is 0 Å². The fourth-order valence-electron chi connectivity index (χ4n) is 1.98. The smallest absolute Gasteiger partial charge is 0.343 e. The van der Waals surface area contributed by atoms with E-state index in [-0.39, 0.29) is 5.91 Å². The Hall–Kier alpha value is -1.63. The molecule has 0 spiro atoms. The van der Waals surface area contributed by atoms with E-state index in [0.29, 0.717) is 36.0 Å². The lowest BCUT2D eigenvalue weighted by atomic mass is 10.2. The number of hydrogen-bond acceptors (Lipinski definition) is 6. The van der Waals surface area contributed by atoms with Crippen LogP contribution in [0.4, 0.5) is 5.00 Å². The SMILES string of the molecule is CCOC(=O)c1c(C)nsc1NC(C)C(=O)N(CC)CC. The quantitative estimate of drug-likeness (QED) is 0.782. The molecule has 1 aromatic rings. The summed E-state index contributed by atoms with van der Waals surface area (Å²) in [6, 6.07) is -0.419. The third-order valence-corrected chi connectivity index (χ3v) is 4.01. The summed E-state index contributed by atoms with van der Waals surface area (Å²) in [4.78, 5) is 26.0. The second-order valence-corrected chi connectivity index (χ2v) is 5.34. The van der Waals surface area contributed by atoms with Gasteiger partial charge in [-0.05, 0) is 46.2 Å². The number of aryl methyl sites for hydroxylation is 1. The molecule has 6 nitrogen and oxygen atoms in total. The summed E-state index contributed by atoms with van der Waals surface area (Å²) in [6.45, 7) is 10.8. The summed E-state index contributed by atoms with van der Waals surface area (Å²) >= 11 is 1.17. The van der Waals surface area contributed by atoms with Crippen molar-refractivity contribution in [2.75, 3.05) is 25.0 Å². The number of nitrogens with one attached hydrogen (secondary N) is 1. The molecule has 7 heteroatoms. The standard InChI is InChI=1S/C14H23N3O3S/c1-6-17(7-2)13(18)10(5)15-12-11(9(4)16-21-12)14(19)20-8-3/h10,15H,6-8H2,1-5H3. The maximum Gasteiger partial charge on any atom is 0.343 e. The van der Waals surface area contributed by atoms with Crippen molar-refractivity contribution in [2.24, 2.45) is 0 Å². The number of rotatable bonds is 7. The van der Waals surface area contributed by atoms with Gasteiger partial charge >= 0.3 is 5.97 Å². The summed E-state index contributed by atoms with van der Waals surface area (Å²) < 4.78 is 9.20. The molecule has 1 heterocycles. The van der Waals surface area contributed by atoms with Crippen LogP contribution in [0.25, 0.3) is 0 Å². The predicted octanol–water partition coefficient (Wildman–Crippen LogP) is 2.30. The highest BCUT2D eigenvalue weighted by Gasteiger charge is 2.24. The number of anilines is 1. The van der Waals surface area contributed by atoms with Gasteiger partial charge < -0.3 is 15.0 Å². The number of likely N-dealkylation sites (N-methyl/N-ethyl adjacent to an activating group) is 1. The van der Waals surface area contributed by atoms with Crippen LogP contribution in [-0.2, 0) is 9.53 Å². The largest absolute Gasteiger partial charge is 0.462 e. The van der Waals surface area contributed by atoms with Crippen molar-refractivity contribution < 1.29 is 14.3 Å². The number of carbonyl (C=O) groups is 2. The number of amides is 1. The number of hydrogen-bond donors (Lipinski definition) is 1. The zero-order valence-electron chi connectivity index (χ0n) is 13.2. The Morgan fingerprint density at radius 3 is 2.48 bits per heavy atom. The van der Waals surface area contributed by atoms with Gasteiger partial charge in [-0.3, -0.25) is 4.79 Å². The minimum absolute atomic E-state index is 0.000798. The normalized spacial score (nSPS) is 11.9.